The third kappa shape index (κ3) is 3.78. The summed E-state index contributed by atoms with van der Waals surface area (Å²) >= 11 is 1.13. The highest BCUT2D eigenvalue weighted by Gasteiger charge is 2.25. The van der Waals surface area contributed by atoms with Crippen LogP contribution in [0.4, 0.5) is 0 Å². The zero-order valence-electron chi connectivity index (χ0n) is 13.8. The molecule has 1 amide bonds. The van der Waals surface area contributed by atoms with Crippen molar-refractivity contribution < 1.29 is 22.7 Å². The van der Waals surface area contributed by atoms with E-state index in [1.165, 1.54) is 18.0 Å². The summed E-state index contributed by atoms with van der Waals surface area (Å²) in [6, 6.07) is 8.65. The molecule has 0 fully saturated rings. The third-order valence-electron chi connectivity index (χ3n) is 3.80. The van der Waals surface area contributed by atoms with E-state index in [4.69, 9.17) is 9.47 Å². The predicted molar refractivity (Wildman–Crippen MR) is 93.2 cm³/mol. The van der Waals surface area contributed by atoms with Gasteiger partial charge in [-0.1, -0.05) is 12.1 Å². The minimum atomic E-state index is -3.64. The number of hydrogen-bond acceptors (Lipinski definition) is 6. The molecule has 2 heterocycles. The summed E-state index contributed by atoms with van der Waals surface area (Å²) in [7, 11) is -0.596. The van der Waals surface area contributed by atoms with Crippen LogP contribution >= 0.6 is 11.3 Å². The Balaban J connectivity index is 1.63. The second-order valence-electron chi connectivity index (χ2n) is 5.63. The van der Waals surface area contributed by atoms with E-state index in [1.807, 2.05) is 12.1 Å². The van der Waals surface area contributed by atoms with Crippen LogP contribution in [0.2, 0.25) is 0 Å². The van der Waals surface area contributed by atoms with Crippen LogP contribution in [0.15, 0.2) is 39.9 Å². The number of amides is 1. The molecule has 1 aromatic carbocycles. The van der Waals surface area contributed by atoms with Gasteiger partial charge in [0.1, 0.15) is 4.21 Å². The van der Waals surface area contributed by atoms with E-state index < -0.39 is 10.0 Å². The van der Waals surface area contributed by atoms with Crippen molar-refractivity contribution >= 4 is 27.3 Å². The number of fused-ring (bicyclic) bond motifs is 1. The normalized spacial score (nSPS) is 13.2. The Morgan fingerprint density at radius 3 is 2.68 bits per heavy atom. The lowest BCUT2D eigenvalue weighted by Gasteiger charge is -2.21. The second-order valence-corrected chi connectivity index (χ2v) is 8.85. The van der Waals surface area contributed by atoms with Gasteiger partial charge < -0.3 is 14.4 Å². The lowest BCUT2D eigenvalue weighted by Crippen LogP contribution is -2.38. The largest absolute Gasteiger partial charge is 0.454 e. The molecule has 0 saturated carbocycles. The number of likely N-dealkylation sites (N-methyl/N-ethyl adjacent to an activating group) is 2. The number of sulfonamides is 1. The Bertz CT molecular complexity index is 865. The first-order valence-electron chi connectivity index (χ1n) is 7.50. The Morgan fingerprint density at radius 1 is 1.20 bits per heavy atom. The van der Waals surface area contributed by atoms with Crippen LogP contribution in [0, 0.1) is 0 Å². The summed E-state index contributed by atoms with van der Waals surface area (Å²) in [5.41, 5.74) is 0.879. The Kier molecular flexibility index (Phi) is 4.98. The Labute approximate surface area is 150 Å². The van der Waals surface area contributed by atoms with Gasteiger partial charge in [-0.05, 0) is 29.1 Å². The van der Waals surface area contributed by atoms with Gasteiger partial charge in [-0.3, -0.25) is 4.79 Å². The van der Waals surface area contributed by atoms with Crippen LogP contribution in [0.1, 0.15) is 5.56 Å². The molecule has 0 radical (unpaired) electrons. The van der Waals surface area contributed by atoms with Gasteiger partial charge in [0.15, 0.2) is 11.5 Å². The standard InChI is InChI=1S/C16H18N2O5S2/c1-17(9-12-5-6-13-14(8-12)23-11-22-13)15(19)10-18(2)25(20,21)16-4-3-7-24-16/h3-8H,9-11H2,1-2H3. The van der Waals surface area contributed by atoms with E-state index in [-0.39, 0.29) is 23.5 Å². The molecule has 134 valence electrons. The Hall–Kier alpha value is -2.10. The number of thiophene rings is 1. The number of benzene rings is 1. The predicted octanol–water partition coefficient (Wildman–Crippen LogP) is 1.76. The van der Waals surface area contributed by atoms with Gasteiger partial charge in [-0.2, -0.15) is 4.31 Å². The molecule has 7 nitrogen and oxygen atoms in total. The molecule has 0 spiro atoms. The molecule has 1 aliphatic heterocycles. The van der Waals surface area contributed by atoms with Gasteiger partial charge in [-0.15, -0.1) is 11.3 Å². The Morgan fingerprint density at radius 2 is 1.96 bits per heavy atom. The van der Waals surface area contributed by atoms with E-state index in [9.17, 15) is 13.2 Å². The molecular formula is C16H18N2O5S2. The number of rotatable bonds is 6. The molecule has 3 rings (SSSR count). The zero-order valence-corrected chi connectivity index (χ0v) is 15.5. The van der Waals surface area contributed by atoms with Crippen molar-refractivity contribution in [2.45, 2.75) is 10.8 Å². The number of carbonyl (C=O) groups excluding carboxylic acids is 1. The summed E-state index contributed by atoms with van der Waals surface area (Å²) in [6.07, 6.45) is 0. The fourth-order valence-electron chi connectivity index (χ4n) is 2.36. The van der Waals surface area contributed by atoms with Crippen LogP contribution in [0.5, 0.6) is 11.5 Å². The lowest BCUT2D eigenvalue weighted by molar-refractivity contribution is -0.130. The number of ether oxygens (including phenoxy) is 2. The molecule has 0 unspecified atom stereocenters. The van der Waals surface area contributed by atoms with Crippen LogP contribution < -0.4 is 9.47 Å². The van der Waals surface area contributed by atoms with Crippen LogP contribution in [0.25, 0.3) is 0 Å². The highest BCUT2D eigenvalue weighted by atomic mass is 32.2. The smallest absolute Gasteiger partial charge is 0.252 e. The van der Waals surface area contributed by atoms with Crippen molar-refractivity contribution in [2.75, 3.05) is 27.4 Å². The van der Waals surface area contributed by atoms with Crippen molar-refractivity contribution in [1.82, 2.24) is 9.21 Å². The second kappa shape index (κ2) is 7.03. The van der Waals surface area contributed by atoms with E-state index >= 15 is 0 Å². The number of carbonyl (C=O) groups is 1. The maximum atomic E-state index is 12.4. The number of hydrogen-bond donors (Lipinski definition) is 0. The molecule has 1 aliphatic rings. The van der Waals surface area contributed by atoms with E-state index in [1.54, 1.807) is 24.6 Å². The molecular weight excluding hydrogens is 364 g/mol. The lowest BCUT2D eigenvalue weighted by atomic mass is 10.2. The van der Waals surface area contributed by atoms with Crippen molar-refractivity contribution in [3.8, 4) is 11.5 Å². The first kappa shape index (κ1) is 17.7. The van der Waals surface area contributed by atoms with Crippen molar-refractivity contribution in [1.29, 1.82) is 0 Å². The molecule has 2 aromatic rings. The first-order chi connectivity index (χ1) is 11.9. The highest BCUT2D eigenvalue weighted by Crippen LogP contribution is 2.32. The van der Waals surface area contributed by atoms with Gasteiger partial charge in [0, 0.05) is 20.6 Å². The quantitative estimate of drug-likeness (QED) is 0.761. The monoisotopic (exact) mass is 382 g/mol. The molecule has 0 atom stereocenters. The van der Waals surface area contributed by atoms with Gasteiger partial charge in [0.2, 0.25) is 12.7 Å². The van der Waals surface area contributed by atoms with Crippen LogP contribution in [-0.2, 0) is 21.4 Å². The SMILES string of the molecule is CN(Cc1ccc2c(c1)OCO2)C(=O)CN(C)S(=O)(=O)c1cccs1. The van der Waals surface area contributed by atoms with Crippen molar-refractivity contribution in [2.24, 2.45) is 0 Å². The molecule has 0 bridgehead atoms. The maximum absolute atomic E-state index is 12.4. The fourth-order valence-corrected chi connectivity index (χ4v) is 4.68. The fraction of sp³-hybridized carbons (Fsp3) is 0.312. The van der Waals surface area contributed by atoms with Crippen molar-refractivity contribution in [3.63, 3.8) is 0 Å². The summed E-state index contributed by atoms with van der Waals surface area (Å²) in [6.45, 7) is 0.322. The van der Waals surface area contributed by atoms with Gasteiger partial charge in [-0.25, -0.2) is 8.42 Å². The van der Waals surface area contributed by atoms with Crippen molar-refractivity contribution in [3.05, 3.63) is 41.3 Å². The average Bonchev–Trinajstić information content (AvgIpc) is 3.25. The average molecular weight is 382 g/mol. The third-order valence-corrected chi connectivity index (χ3v) is 6.98. The van der Waals surface area contributed by atoms with Gasteiger partial charge in [0.05, 0.1) is 6.54 Å². The minimum Gasteiger partial charge on any atom is -0.454 e. The van der Waals surface area contributed by atoms with Gasteiger partial charge >= 0.3 is 0 Å². The summed E-state index contributed by atoms with van der Waals surface area (Å²) in [5.74, 6) is 1.04. The molecule has 0 N–H and O–H groups in total. The first-order valence-corrected chi connectivity index (χ1v) is 9.82. The van der Waals surface area contributed by atoms with E-state index in [0.29, 0.717) is 18.0 Å². The summed E-state index contributed by atoms with van der Waals surface area (Å²) in [4.78, 5) is 13.9. The molecule has 9 heteroatoms. The van der Waals surface area contributed by atoms with Gasteiger partial charge in [0.25, 0.3) is 10.0 Å². The molecule has 0 saturated heterocycles. The van der Waals surface area contributed by atoms with E-state index in [2.05, 4.69) is 0 Å². The summed E-state index contributed by atoms with van der Waals surface area (Å²) in [5, 5.41) is 1.69. The maximum Gasteiger partial charge on any atom is 0.252 e. The molecule has 0 aliphatic carbocycles. The molecule has 25 heavy (non-hydrogen) atoms. The zero-order chi connectivity index (χ0) is 18.0. The van der Waals surface area contributed by atoms with Crippen LogP contribution in [0.3, 0.4) is 0 Å². The number of nitrogens with zero attached hydrogens (tertiary/aromatic N) is 2. The summed E-state index contributed by atoms with van der Waals surface area (Å²) < 4.78 is 36.6. The van der Waals surface area contributed by atoms with E-state index in [0.717, 1.165) is 21.2 Å². The topological polar surface area (TPSA) is 76.2 Å². The highest BCUT2D eigenvalue weighted by molar-refractivity contribution is 7.91. The molecule has 1 aromatic heterocycles. The minimum absolute atomic E-state index is 0.193. The van der Waals surface area contributed by atoms with Crippen LogP contribution in [-0.4, -0.2) is 51.0 Å².